The van der Waals surface area contributed by atoms with Crippen molar-refractivity contribution in [1.29, 1.82) is 0 Å². The molecule has 1 atom stereocenters. The maximum Gasteiger partial charge on any atom is 0.161 e. The molecular formula is C12H11BrF2N2. The number of hydrogen-bond donors (Lipinski definition) is 0. The van der Waals surface area contributed by atoms with Crippen molar-refractivity contribution in [2.75, 3.05) is 0 Å². The van der Waals surface area contributed by atoms with Crippen LogP contribution in [-0.4, -0.2) is 9.78 Å². The molecule has 0 aliphatic carbocycles. The summed E-state index contributed by atoms with van der Waals surface area (Å²) >= 11 is 3.30. The fraction of sp³-hybridized carbons (Fsp3) is 0.250. The molecule has 1 unspecified atom stereocenters. The van der Waals surface area contributed by atoms with Crippen molar-refractivity contribution in [1.82, 2.24) is 9.78 Å². The highest BCUT2D eigenvalue weighted by molar-refractivity contribution is 9.10. The molecule has 2 nitrogen and oxygen atoms in total. The van der Waals surface area contributed by atoms with Gasteiger partial charge in [0.1, 0.15) is 5.82 Å². The van der Waals surface area contributed by atoms with Crippen LogP contribution >= 0.6 is 15.9 Å². The van der Waals surface area contributed by atoms with Crippen LogP contribution in [0.25, 0.3) is 0 Å². The fourth-order valence-electron chi connectivity index (χ4n) is 1.67. The maximum atomic E-state index is 13.5. The van der Waals surface area contributed by atoms with E-state index in [0.717, 1.165) is 10.7 Å². The molecule has 1 aromatic carbocycles. The zero-order valence-electron chi connectivity index (χ0n) is 9.20. The summed E-state index contributed by atoms with van der Waals surface area (Å²) < 4.78 is 28.7. The Kier molecular flexibility index (Phi) is 3.57. The third-order valence-corrected chi connectivity index (χ3v) is 3.04. The standard InChI is InChI=1S/C12H11BrF2N2/c1-8(17-7-11(14)6-16-17)4-9-5-10(13)2-3-12(9)15/h2-3,5-8H,4H2,1H3. The smallest absolute Gasteiger partial charge is 0.161 e. The van der Waals surface area contributed by atoms with Gasteiger partial charge in [0.05, 0.1) is 18.4 Å². The van der Waals surface area contributed by atoms with Crippen molar-refractivity contribution in [3.8, 4) is 0 Å². The first-order valence-corrected chi connectivity index (χ1v) is 5.99. The Morgan fingerprint density at radius 2 is 2.18 bits per heavy atom. The first-order chi connectivity index (χ1) is 8.06. The zero-order chi connectivity index (χ0) is 12.4. The highest BCUT2D eigenvalue weighted by Crippen LogP contribution is 2.20. The van der Waals surface area contributed by atoms with Gasteiger partial charge < -0.3 is 0 Å². The Balaban J connectivity index is 2.18. The van der Waals surface area contributed by atoms with Gasteiger partial charge in [0, 0.05) is 4.47 Å². The topological polar surface area (TPSA) is 17.8 Å². The summed E-state index contributed by atoms with van der Waals surface area (Å²) in [6, 6.07) is 4.70. The molecule has 2 aromatic rings. The predicted molar refractivity (Wildman–Crippen MR) is 64.7 cm³/mol. The molecule has 0 bridgehead atoms. The zero-order valence-corrected chi connectivity index (χ0v) is 10.8. The van der Waals surface area contributed by atoms with Crippen LogP contribution in [0.15, 0.2) is 35.1 Å². The van der Waals surface area contributed by atoms with Gasteiger partial charge in [-0.3, -0.25) is 4.68 Å². The van der Waals surface area contributed by atoms with Gasteiger partial charge in [0.2, 0.25) is 0 Å². The van der Waals surface area contributed by atoms with Crippen molar-refractivity contribution < 1.29 is 8.78 Å². The first kappa shape index (κ1) is 12.2. The average Bonchev–Trinajstić information content (AvgIpc) is 2.70. The van der Waals surface area contributed by atoms with Gasteiger partial charge in [-0.1, -0.05) is 15.9 Å². The van der Waals surface area contributed by atoms with E-state index in [1.54, 1.807) is 12.1 Å². The predicted octanol–water partition coefficient (Wildman–Crippen LogP) is 3.73. The van der Waals surface area contributed by atoms with Crippen LogP contribution in [0.4, 0.5) is 8.78 Å². The minimum atomic E-state index is -0.383. The second-order valence-corrected chi connectivity index (χ2v) is 4.84. The molecule has 0 spiro atoms. The van der Waals surface area contributed by atoms with Crippen molar-refractivity contribution in [2.24, 2.45) is 0 Å². The normalized spacial score (nSPS) is 12.7. The van der Waals surface area contributed by atoms with E-state index in [0.29, 0.717) is 12.0 Å². The second kappa shape index (κ2) is 4.96. The Morgan fingerprint density at radius 1 is 1.41 bits per heavy atom. The number of nitrogens with zero attached hydrogens (tertiary/aromatic N) is 2. The van der Waals surface area contributed by atoms with Gasteiger partial charge in [-0.15, -0.1) is 0 Å². The van der Waals surface area contributed by atoms with Crippen molar-refractivity contribution in [3.05, 3.63) is 52.3 Å². The molecule has 17 heavy (non-hydrogen) atoms. The van der Waals surface area contributed by atoms with Crippen LogP contribution in [0.3, 0.4) is 0 Å². The highest BCUT2D eigenvalue weighted by atomic mass is 79.9. The van der Waals surface area contributed by atoms with Gasteiger partial charge >= 0.3 is 0 Å². The van der Waals surface area contributed by atoms with E-state index < -0.39 is 0 Å². The SMILES string of the molecule is CC(Cc1cc(Br)ccc1F)n1cc(F)cn1. The van der Waals surface area contributed by atoms with Crippen LogP contribution in [-0.2, 0) is 6.42 Å². The first-order valence-electron chi connectivity index (χ1n) is 5.20. The summed E-state index contributed by atoms with van der Waals surface area (Å²) in [6.45, 7) is 1.87. The molecule has 1 heterocycles. The van der Waals surface area contributed by atoms with Crippen molar-refractivity contribution in [3.63, 3.8) is 0 Å². The van der Waals surface area contributed by atoms with Crippen LogP contribution in [0, 0.1) is 11.6 Å². The van der Waals surface area contributed by atoms with Crippen LogP contribution in [0.2, 0.25) is 0 Å². The number of benzene rings is 1. The molecule has 0 radical (unpaired) electrons. The van der Waals surface area contributed by atoms with Gasteiger partial charge in [0.15, 0.2) is 5.82 Å². The lowest BCUT2D eigenvalue weighted by Crippen LogP contribution is -2.09. The van der Waals surface area contributed by atoms with Crippen LogP contribution in [0.1, 0.15) is 18.5 Å². The van der Waals surface area contributed by atoms with E-state index in [1.807, 2.05) is 6.92 Å². The van der Waals surface area contributed by atoms with Crippen molar-refractivity contribution >= 4 is 15.9 Å². The van der Waals surface area contributed by atoms with E-state index >= 15 is 0 Å². The van der Waals surface area contributed by atoms with E-state index in [4.69, 9.17) is 0 Å². The van der Waals surface area contributed by atoms with Gasteiger partial charge in [-0.25, -0.2) is 8.78 Å². The molecule has 5 heteroatoms. The van der Waals surface area contributed by atoms with Crippen LogP contribution < -0.4 is 0 Å². The molecular weight excluding hydrogens is 290 g/mol. The summed E-state index contributed by atoms with van der Waals surface area (Å²) in [6.07, 6.45) is 2.92. The number of hydrogen-bond acceptors (Lipinski definition) is 1. The summed E-state index contributed by atoms with van der Waals surface area (Å²) in [5, 5.41) is 3.87. The van der Waals surface area contributed by atoms with E-state index in [-0.39, 0.29) is 17.7 Å². The van der Waals surface area contributed by atoms with Gasteiger partial charge in [0.25, 0.3) is 0 Å². The Hall–Kier alpha value is -1.23. The Bertz CT molecular complexity index is 525. The van der Waals surface area contributed by atoms with Crippen molar-refractivity contribution in [2.45, 2.75) is 19.4 Å². The second-order valence-electron chi connectivity index (χ2n) is 3.93. The molecule has 1 aromatic heterocycles. The molecule has 0 fully saturated rings. The molecule has 90 valence electrons. The summed E-state index contributed by atoms with van der Waals surface area (Å²) in [5.74, 6) is -0.640. The largest absolute Gasteiger partial charge is 0.267 e. The van der Waals surface area contributed by atoms with E-state index in [9.17, 15) is 8.78 Å². The average molecular weight is 301 g/mol. The highest BCUT2D eigenvalue weighted by Gasteiger charge is 2.11. The number of rotatable bonds is 3. The molecule has 0 N–H and O–H groups in total. The number of aromatic nitrogens is 2. The van der Waals surface area contributed by atoms with Gasteiger partial charge in [-0.2, -0.15) is 5.10 Å². The Morgan fingerprint density at radius 3 is 2.82 bits per heavy atom. The van der Waals surface area contributed by atoms with Crippen LogP contribution in [0.5, 0.6) is 0 Å². The molecule has 0 saturated heterocycles. The van der Waals surface area contributed by atoms with E-state index in [1.165, 1.54) is 16.9 Å². The monoisotopic (exact) mass is 300 g/mol. The third-order valence-electron chi connectivity index (χ3n) is 2.54. The number of halogens is 3. The third kappa shape index (κ3) is 2.91. The molecule has 2 rings (SSSR count). The minimum Gasteiger partial charge on any atom is -0.267 e. The van der Waals surface area contributed by atoms with E-state index in [2.05, 4.69) is 21.0 Å². The molecule has 0 amide bonds. The lowest BCUT2D eigenvalue weighted by atomic mass is 10.1. The lowest BCUT2D eigenvalue weighted by molar-refractivity contribution is 0.474. The lowest BCUT2D eigenvalue weighted by Gasteiger charge is -2.12. The molecule has 0 saturated carbocycles. The van der Waals surface area contributed by atoms with Gasteiger partial charge in [-0.05, 0) is 37.1 Å². The fourth-order valence-corrected chi connectivity index (χ4v) is 2.08. The minimum absolute atomic E-state index is 0.0942. The maximum absolute atomic E-state index is 13.5. The summed E-state index contributed by atoms with van der Waals surface area (Å²) in [7, 11) is 0. The Labute approximate surface area is 106 Å². The summed E-state index contributed by atoms with van der Waals surface area (Å²) in [4.78, 5) is 0. The quantitative estimate of drug-likeness (QED) is 0.844. The molecule has 0 aliphatic heterocycles. The molecule has 0 aliphatic rings. The summed E-state index contributed by atoms with van der Waals surface area (Å²) in [5.41, 5.74) is 0.586.